The van der Waals surface area contributed by atoms with Gasteiger partial charge in [0.2, 0.25) is 0 Å². The summed E-state index contributed by atoms with van der Waals surface area (Å²) in [7, 11) is 0. The summed E-state index contributed by atoms with van der Waals surface area (Å²) < 4.78 is 23.1. The summed E-state index contributed by atoms with van der Waals surface area (Å²) in [4.78, 5) is 0. The third kappa shape index (κ3) is 6.94. The van der Waals surface area contributed by atoms with Gasteiger partial charge in [0.25, 0.3) is 0 Å². The first-order valence-electron chi connectivity index (χ1n) is 10.8. The van der Waals surface area contributed by atoms with Crippen LogP contribution in [0.2, 0.25) is 0 Å². The summed E-state index contributed by atoms with van der Waals surface area (Å²) in [5.74, 6) is 0. The number of unbranched alkanes of at least 4 members (excludes halogenated alkanes) is 4. The van der Waals surface area contributed by atoms with Crippen LogP contribution in [-0.4, -0.2) is 62.4 Å². The van der Waals surface area contributed by atoms with E-state index in [1.165, 1.54) is 19.3 Å². The van der Waals surface area contributed by atoms with Crippen molar-refractivity contribution in [1.82, 2.24) is 0 Å². The molecule has 0 amide bonds. The molecule has 0 aromatic rings. The van der Waals surface area contributed by atoms with Gasteiger partial charge < -0.3 is 29.2 Å². The molecule has 2 aliphatic rings. The minimum absolute atomic E-state index is 0.106. The maximum atomic E-state index is 9.48. The second-order valence-electron chi connectivity index (χ2n) is 8.47. The van der Waals surface area contributed by atoms with E-state index >= 15 is 0 Å². The molecular formula is C21H40O6. The minimum atomic E-state index is -0.201. The summed E-state index contributed by atoms with van der Waals surface area (Å²) in [6.07, 6.45) is 9.18. The van der Waals surface area contributed by atoms with E-state index in [1.54, 1.807) is 0 Å². The molecule has 2 heterocycles. The molecule has 0 bridgehead atoms. The fraction of sp³-hybridized carbons (Fsp3) is 1.00. The molecule has 2 fully saturated rings. The first kappa shape index (κ1) is 23.0. The molecule has 0 aromatic carbocycles. The van der Waals surface area contributed by atoms with Gasteiger partial charge in [0, 0.05) is 10.8 Å². The maximum Gasteiger partial charge on any atom is 0.157 e. The first-order chi connectivity index (χ1) is 13.1. The second-order valence-corrected chi connectivity index (χ2v) is 8.47. The predicted octanol–water partition coefficient (Wildman–Crippen LogP) is 3.24. The molecule has 27 heavy (non-hydrogen) atoms. The average molecular weight is 389 g/mol. The SMILES string of the molecule is CCC1(CO)COC(CCCCCCCC2OCC(CC)(CO)CO2)OC1. The molecular weight excluding hydrogens is 348 g/mol. The average Bonchev–Trinajstić information content (AvgIpc) is 2.74. The van der Waals surface area contributed by atoms with E-state index in [0.29, 0.717) is 26.4 Å². The van der Waals surface area contributed by atoms with Crippen LogP contribution in [0.3, 0.4) is 0 Å². The van der Waals surface area contributed by atoms with Crippen molar-refractivity contribution in [1.29, 1.82) is 0 Å². The van der Waals surface area contributed by atoms with E-state index in [-0.39, 0.29) is 36.6 Å². The molecule has 0 radical (unpaired) electrons. The highest BCUT2D eigenvalue weighted by atomic mass is 16.7. The van der Waals surface area contributed by atoms with Crippen molar-refractivity contribution in [3.63, 3.8) is 0 Å². The quantitative estimate of drug-likeness (QED) is 0.500. The third-order valence-electron chi connectivity index (χ3n) is 6.35. The van der Waals surface area contributed by atoms with E-state index in [2.05, 4.69) is 13.8 Å². The second kappa shape index (κ2) is 11.7. The zero-order valence-electron chi connectivity index (χ0n) is 17.3. The Labute approximate surface area is 164 Å². The molecule has 0 spiro atoms. The maximum absolute atomic E-state index is 9.48. The van der Waals surface area contributed by atoms with Crippen molar-refractivity contribution in [2.45, 2.75) is 84.2 Å². The molecule has 2 aliphatic heterocycles. The Bertz CT molecular complexity index is 338. The van der Waals surface area contributed by atoms with E-state index in [0.717, 1.165) is 38.5 Å². The Morgan fingerprint density at radius 1 is 0.630 bits per heavy atom. The number of aliphatic hydroxyl groups excluding tert-OH is 2. The lowest BCUT2D eigenvalue weighted by Crippen LogP contribution is -2.43. The number of hydrogen-bond acceptors (Lipinski definition) is 6. The third-order valence-corrected chi connectivity index (χ3v) is 6.35. The van der Waals surface area contributed by atoms with E-state index in [1.807, 2.05) is 0 Å². The van der Waals surface area contributed by atoms with Crippen LogP contribution in [0.15, 0.2) is 0 Å². The van der Waals surface area contributed by atoms with Crippen LogP contribution in [0, 0.1) is 10.8 Å². The molecule has 6 nitrogen and oxygen atoms in total. The smallest absolute Gasteiger partial charge is 0.157 e. The highest BCUT2D eigenvalue weighted by Crippen LogP contribution is 2.30. The zero-order valence-corrected chi connectivity index (χ0v) is 17.3. The fourth-order valence-corrected chi connectivity index (χ4v) is 3.56. The van der Waals surface area contributed by atoms with Crippen LogP contribution >= 0.6 is 0 Å². The van der Waals surface area contributed by atoms with Crippen molar-refractivity contribution in [3.05, 3.63) is 0 Å². The molecule has 2 saturated heterocycles. The summed E-state index contributed by atoms with van der Waals surface area (Å²) in [6, 6.07) is 0. The Morgan fingerprint density at radius 2 is 0.963 bits per heavy atom. The molecule has 0 atom stereocenters. The van der Waals surface area contributed by atoms with E-state index < -0.39 is 0 Å². The van der Waals surface area contributed by atoms with Crippen LogP contribution in [-0.2, 0) is 18.9 Å². The topological polar surface area (TPSA) is 77.4 Å². The Hall–Kier alpha value is -0.240. The normalized spacial score (nSPS) is 34.7. The van der Waals surface area contributed by atoms with Gasteiger partial charge in [-0.2, -0.15) is 0 Å². The van der Waals surface area contributed by atoms with Crippen LogP contribution in [0.5, 0.6) is 0 Å². The van der Waals surface area contributed by atoms with Crippen molar-refractivity contribution >= 4 is 0 Å². The van der Waals surface area contributed by atoms with Crippen LogP contribution in [0.1, 0.15) is 71.6 Å². The monoisotopic (exact) mass is 388 g/mol. The van der Waals surface area contributed by atoms with Gasteiger partial charge in [-0.3, -0.25) is 0 Å². The summed E-state index contributed by atoms with van der Waals surface area (Å²) >= 11 is 0. The number of rotatable bonds is 12. The summed E-state index contributed by atoms with van der Waals surface area (Å²) in [5, 5.41) is 19.0. The van der Waals surface area contributed by atoms with E-state index in [9.17, 15) is 10.2 Å². The number of hydrogen-bond donors (Lipinski definition) is 2. The number of aliphatic hydroxyl groups is 2. The molecule has 0 unspecified atom stereocenters. The zero-order chi connectivity index (χ0) is 19.6. The predicted molar refractivity (Wildman–Crippen MR) is 103 cm³/mol. The molecule has 2 N–H and O–H groups in total. The molecule has 0 aliphatic carbocycles. The van der Waals surface area contributed by atoms with Crippen LogP contribution < -0.4 is 0 Å². The van der Waals surface area contributed by atoms with Crippen molar-refractivity contribution in [2.75, 3.05) is 39.6 Å². The number of ether oxygens (including phenoxy) is 4. The lowest BCUT2D eigenvalue weighted by Gasteiger charge is -2.38. The van der Waals surface area contributed by atoms with Gasteiger partial charge >= 0.3 is 0 Å². The minimum Gasteiger partial charge on any atom is -0.396 e. The van der Waals surface area contributed by atoms with Gasteiger partial charge in [-0.25, -0.2) is 0 Å². The molecule has 0 saturated carbocycles. The van der Waals surface area contributed by atoms with Gasteiger partial charge in [-0.1, -0.05) is 33.1 Å². The van der Waals surface area contributed by atoms with Gasteiger partial charge in [0.05, 0.1) is 39.6 Å². The summed E-state index contributed by atoms with van der Waals surface area (Å²) in [6.45, 7) is 6.79. The lowest BCUT2D eigenvalue weighted by atomic mass is 9.87. The van der Waals surface area contributed by atoms with Gasteiger partial charge in [-0.05, 0) is 38.5 Å². The highest BCUT2D eigenvalue weighted by Gasteiger charge is 2.35. The first-order valence-corrected chi connectivity index (χ1v) is 10.8. The largest absolute Gasteiger partial charge is 0.396 e. The standard InChI is InChI=1S/C21H40O6/c1-3-20(12-22)14-24-18(25-15-20)10-8-6-5-7-9-11-19-26-16-21(4-2,13-23)17-27-19/h18-19,22-23H,3-17H2,1-2H3. The molecule has 6 heteroatoms. The fourth-order valence-electron chi connectivity index (χ4n) is 3.56. The Morgan fingerprint density at radius 3 is 1.26 bits per heavy atom. The van der Waals surface area contributed by atoms with Crippen molar-refractivity contribution in [2.24, 2.45) is 10.8 Å². The lowest BCUT2D eigenvalue weighted by molar-refractivity contribution is -0.239. The Kier molecular flexibility index (Phi) is 9.97. The van der Waals surface area contributed by atoms with E-state index in [4.69, 9.17) is 18.9 Å². The molecule has 160 valence electrons. The molecule has 0 aromatic heterocycles. The van der Waals surface area contributed by atoms with Gasteiger partial charge in [0.15, 0.2) is 12.6 Å². The van der Waals surface area contributed by atoms with Gasteiger partial charge in [-0.15, -0.1) is 0 Å². The highest BCUT2D eigenvalue weighted by molar-refractivity contribution is 4.80. The van der Waals surface area contributed by atoms with Crippen LogP contribution in [0.25, 0.3) is 0 Å². The van der Waals surface area contributed by atoms with Gasteiger partial charge in [0.1, 0.15) is 0 Å². The van der Waals surface area contributed by atoms with Crippen molar-refractivity contribution < 1.29 is 29.2 Å². The Balaban J connectivity index is 1.45. The van der Waals surface area contributed by atoms with Crippen molar-refractivity contribution in [3.8, 4) is 0 Å². The van der Waals surface area contributed by atoms with Crippen LogP contribution in [0.4, 0.5) is 0 Å². The molecule has 2 rings (SSSR count). The summed E-state index contributed by atoms with van der Waals surface area (Å²) in [5.41, 5.74) is -0.401.